The van der Waals surface area contributed by atoms with Gasteiger partial charge in [0.05, 0.1) is 5.92 Å². The van der Waals surface area contributed by atoms with Crippen molar-refractivity contribution in [3.8, 4) is 0 Å². The van der Waals surface area contributed by atoms with Crippen LogP contribution in [0.2, 0.25) is 0 Å². The van der Waals surface area contributed by atoms with Gasteiger partial charge in [-0.3, -0.25) is 4.79 Å². The first-order valence-electron chi connectivity index (χ1n) is 3.31. The summed E-state index contributed by atoms with van der Waals surface area (Å²) in [5.74, 6) is 0.0972. The van der Waals surface area contributed by atoms with Gasteiger partial charge in [-0.15, -0.1) is 0 Å². The Morgan fingerprint density at radius 1 is 1.67 bits per heavy atom. The molecule has 1 unspecified atom stereocenters. The van der Waals surface area contributed by atoms with Crippen molar-refractivity contribution in [2.75, 3.05) is 0 Å². The van der Waals surface area contributed by atoms with Crippen molar-refractivity contribution in [2.24, 2.45) is 5.92 Å². The third-order valence-corrected chi connectivity index (χ3v) is 1.90. The monoisotopic (exact) mass is 128 g/mol. The molecule has 0 aromatic rings. The quantitative estimate of drug-likeness (QED) is 0.498. The minimum Gasteiger partial charge on any atom is -0.458 e. The molecule has 9 heavy (non-hydrogen) atoms. The highest BCUT2D eigenvalue weighted by Gasteiger charge is 2.47. The Labute approximate surface area is 55.2 Å². The van der Waals surface area contributed by atoms with Crippen LogP contribution in [0.4, 0.5) is 0 Å². The molecule has 0 spiro atoms. The Balaban J connectivity index is 2.58. The van der Waals surface area contributed by atoms with Crippen LogP contribution in [0, 0.1) is 5.92 Å². The van der Waals surface area contributed by atoms with Gasteiger partial charge in [0.1, 0.15) is 5.60 Å². The molecule has 0 aromatic carbocycles. The summed E-state index contributed by atoms with van der Waals surface area (Å²) in [4.78, 5) is 10.7. The molecule has 1 heterocycles. The lowest BCUT2D eigenvalue weighted by Gasteiger charge is -2.41. The van der Waals surface area contributed by atoms with E-state index in [0.29, 0.717) is 0 Å². The first-order chi connectivity index (χ1) is 4.08. The minimum absolute atomic E-state index is 0.0394. The molecule has 0 aromatic heterocycles. The number of esters is 1. The lowest BCUT2D eigenvalue weighted by Crippen LogP contribution is -2.52. The van der Waals surface area contributed by atoms with E-state index in [0.717, 1.165) is 6.42 Å². The zero-order valence-corrected chi connectivity index (χ0v) is 6.10. The molecule has 52 valence electrons. The number of cyclic esters (lactones) is 1. The summed E-state index contributed by atoms with van der Waals surface area (Å²) in [6.45, 7) is 5.90. The molecule has 1 rings (SSSR count). The van der Waals surface area contributed by atoms with Gasteiger partial charge in [-0.05, 0) is 20.3 Å². The summed E-state index contributed by atoms with van der Waals surface area (Å²) in [7, 11) is 0. The molecule has 2 nitrogen and oxygen atoms in total. The highest BCUT2D eigenvalue weighted by Crippen LogP contribution is 2.35. The number of hydrogen-bond acceptors (Lipinski definition) is 2. The van der Waals surface area contributed by atoms with E-state index >= 15 is 0 Å². The second-order valence-corrected chi connectivity index (χ2v) is 2.99. The van der Waals surface area contributed by atoms with E-state index in [1.54, 1.807) is 0 Å². The van der Waals surface area contributed by atoms with Crippen LogP contribution in [-0.2, 0) is 9.53 Å². The van der Waals surface area contributed by atoms with Crippen LogP contribution in [-0.4, -0.2) is 11.6 Å². The lowest BCUT2D eigenvalue weighted by atomic mass is 9.83. The normalized spacial score (nSPS) is 31.0. The molecule has 0 radical (unpaired) electrons. The molecule has 2 heteroatoms. The maximum absolute atomic E-state index is 10.7. The van der Waals surface area contributed by atoms with Crippen LogP contribution >= 0.6 is 0 Å². The Morgan fingerprint density at radius 3 is 2.33 bits per heavy atom. The fraction of sp³-hybridized carbons (Fsp3) is 0.857. The highest BCUT2D eigenvalue weighted by molar-refractivity contribution is 5.79. The maximum atomic E-state index is 10.7. The molecule has 0 aliphatic carbocycles. The Morgan fingerprint density at radius 2 is 2.22 bits per heavy atom. The van der Waals surface area contributed by atoms with Crippen LogP contribution in [0.25, 0.3) is 0 Å². The highest BCUT2D eigenvalue weighted by atomic mass is 16.6. The summed E-state index contributed by atoms with van der Waals surface area (Å²) in [5.41, 5.74) is -0.189. The summed E-state index contributed by atoms with van der Waals surface area (Å²) >= 11 is 0. The van der Waals surface area contributed by atoms with Gasteiger partial charge in [-0.1, -0.05) is 6.92 Å². The molecule has 1 saturated heterocycles. The lowest BCUT2D eigenvalue weighted by molar-refractivity contribution is -0.204. The fourth-order valence-corrected chi connectivity index (χ4v) is 1.29. The first-order valence-corrected chi connectivity index (χ1v) is 3.31. The van der Waals surface area contributed by atoms with Crippen molar-refractivity contribution in [1.82, 2.24) is 0 Å². The Bertz CT molecular complexity index is 138. The summed E-state index contributed by atoms with van der Waals surface area (Å²) in [6, 6.07) is 0. The van der Waals surface area contributed by atoms with Gasteiger partial charge in [0.15, 0.2) is 0 Å². The number of hydrogen-bond donors (Lipinski definition) is 0. The van der Waals surface area contributed by atoms with E-state index in [1.165, 1.54) is 0 Å². The SMILES string of the molecule is CCC1C(=O)OC1(C)C. The van der Waals surface area contributed by atoms with Gasteiger partial charge in [0, 0.05) is 0 Å². The van der Waals surface area contributed by atoms with Crippen molar-refractivity contribution in [1.29, 1.82) is 0 Å². The largest absolute Gasteiger partial charge is 0.458 e. The summed E-state index contributed by atoms with van der Waals surface area (Å²) in [5, 5.41) is 0. The Kier molecular flexibility index (Phi) is 1.26. The average molecular weight is 128 g/mol. The van der Waals surface area contributed by atoms with E-state index in [2.05, 4.69) is 0 Å². The zero-order chi connectivity index (χ0) is 7.07. The maximum Gasteiger partial charge on any atom is 0.313 e. The van der Waals surface area contributed by atoms with Gasteiger partial charge in [0.25, 0.3) is 0 Å². The van der Waals surface area contributed by atoms with E-state index in [1.807, 2.05) is 20.8 Å². The van der Waals surface area contributed by atoms with Gasteiger partial charge < -0.3 is 4.74 Å². The fourth-order valence-electron chi connectivity index (χ4n) is 1.29. The number of carbonyl (C=O) groups is 1. The summed E-state index contributed by atoms with van der Waals surface area (Å²) in [6.07, 6.45) is 0.895. The van der Waals surface area contributed by atoms with Crippen LogP contribution in [0.1, 0.15) is 27.2 Å². The molecule has 0 amide bonds. The van der Waals surface area contributed by atoms with Crippen molar-refractivity contribution < 1.29 is 9.53 Å². The minimum atomic E-state index is -0.189. The van der Waals surface area contributed by atoms with Crippen molar-refractivity contribution in [2.45, 2.75) is 32.8 Å². The second-order valence-electron chi connectivity index (χ2n) is 2.99. The third kappa shape index (κ3) is 0.824. The topological polar surface area (TPSA) is 26.3 Å². The van der Waals surface area contributed by atoms with Gasteiger partial charge >= 0.3 is 5.97 Å². The first kappa shape index (κ1) is 6.59. The van der Waals surface area contributed by atoms with Gasteiger partial charge in [-0.2, -0.15) is 0 Å². The second kappa shape index (κ2) is 1.72. The smallest absolute Gasteiger partial charge is 0.313 e. The van der Waals surface area contributed by atoms with E-state index < -0.39 is 0 Å². The molecule has 1 aliphatic heterocycles. The molecular weight excluding hydrogens is 116 g/mol. The van der Waals surface area contributed by atoms with E-state index in [-0.39, 0.29) is 17.5 Å². The molecule has 0 N–H and O–H groups in total. The zero-order valence-electron chi connectivity index (χ0n) is 6.10. The van der Waals surface area contributed by atoms with E-state index in [4.69, 9.17) is 4.74 Å². The average Bonchev–Trinajstić information content (AvgIpc) is 1.63. The van der Waals surface area contributed by atoms with Crippen molar-refractivity contribution in [3.63, 3.8) is 0 Å². The predicted molar refractivity (Wildman–Crippen MR) is 34.0 cm³/mol. The molecule has 1 aliphatic rings. The number of rotatable bonds is 1. The predicted octanol–water partition coefficient (Wildman–Crippen LogP) is 1.35. The van der Waals surface area contributed by atoms with E-state index in [9.17, 15) is 4.79 Å². The Hall–Kier alpha value is -0.530. The number of carbonyl (C=O) groups excluding carboxylic acids is 1. The molecule has 1 atom stereocenters. The van der Waals surface area contributed by atoms with Crippen LogP contribution in [0.15, 0.2) is 0 Å². The van der Waals surface area contributed by atoms with Gasteiger partial charge in [-0.25, -0.2) is 0 Å². The van der Waals surface area contributed by atoms with Crippen LogP contribution < -0.4 is 0 Å². The summed E-state index contributed by atoms with van der Waals surface area (Å²) < 4.78 is 4.89. The van der Waals surface area contributed by atoms with Crippen molar-refractivity contribution in [3.05, 3.63) is 0 Å². The third-order valence-electron chi connectivity index (χ3n) is 1.90. The van der Waals surface area contributed by atoms with Gasteiger partial charge in [0.2, 0.25) is 0 Å². The standard InChI is InChI=1S/C7H12O2/c1-4-5-6(8)9-7(5,2)3/h5H,4H2,1-3H3. The van der Waals surface area contributed by atoms with Crippen molar-refractivity contribution >= 4 is 5.97 Å². The molecule has 0 saturated carbocycles. The van der Waals surface area contributed by atoms with Crippen LogP contribution in [0.3, 0.4) is 0 Å². The van der Waals surface area contributed by atoms with Crippen LogP contribution in [0.5, 0.6) is 0 Å². The molecule has 1 fully saturated rings. The molecular formula is C7H12O2. The number of ether oxygens (including phenoxy) is 1. The molecule has 0 bridgehead atoms.